The molecule has 2 aromatic heterocycles. The van der Waals surface area contributed by atoms with Crippen molar-refractivity contribution in [1.82, 2.24) is 20.1 Å². The normalized spacial score (nSPS) is 19.9. The molecular weight excluding hydrogens is 368 g/mol. The van der Waals surface area contributed by atoms with Crippen molar-refractivity contribution in [2.45, 2.75) is 32.2 Å². The minimum absolute atomic E-state index is 0.000297. The number of carbonyl (C=O) groups is 1. The van der Waals surface area contributed by atoms with E-state index in [4.69, 9.17) is 4.74 Å². The third kappa shape index (κ3) is 4.26. The zero-order valence-electron chi connectivity index (χ0n) is 17.1. The van der Waals surface area contributed by atoms with Gasteiger partial charge in [-0.3, -0.25) is 4.79 Å². The van der Waals surface area contributed by atoms with Gasteiger partial charge in [0, 0.05) is 51.0 Å². The molecule has 0 aliphatic carbocycles. The van der Waals surface area contributed by atoms with E-state index in [-0.39, 0.29) is 5.91 Å². The van der Waals surface area contributed by atoms with Gasteiger partial charge in [0.15, 0.2) is 11.6 Å². The van der Waals surface area contributed by atoms with Crippen molar-refractivity contribution >= 4 is 17.5 Å². The van der Waals surface area contributed by atoms with Crippen LogP contribution in [0.25, 0.3) is 0 Å². The molecule has 0 N–H and O–H groups in total. The van der Waals surface area contributed by atoms with Crippen molar-refractivity contribution in [1.29, 1.82) is 0 Å². The van der Waals surface area contributed by atoms with Crippen molar-refractivity contribution in [3.05, 3.63) is 36.0 Å². The molecule has 0 radical (unpaired) electrons. The average molecular weight is 396 g/mol. The summed E-state index contributed by atoms with van der Waals surface area (Å²) in [6.07, 6.45) is 5.29. The Bertz CT molecular complexity index is 818. The number of aromatic nitrogens is 3. The van der Waals surface area contributed by atoms with Crippen LogP contribution in [0.15, 0.2) is 30.5 Å². The molecule has 4 rings (SSSR count). The van der Waals surface area contributed by atoms with Crippen molar-refractivity contribution in [3.8, 4) is 5.88 Å². The molecule has 2 saturated heterocycles. The van der Waals surface area contributed by atoms with Gasteiger partial charge in [0.1, 0.15) is 0 Å². The van der Waals surface area contributed by atoms with Gasteiger partial charge < -0.3 is 19.4 Å². The summed E-state index contributed by atoms with van der Waals surface area (Å²) >= 11 is 0. The Morgan fingerprint density at radius 1 is 1.00 bits per heavy atom. The molecular formula is C21H28N6O2. The second-order valence-corrected chi connectivity index (χ2v) is 7.66. The number of hydrogen-bond donors (Lipinski definition) is 0. The molecule has 2 aliphatic heterocycles. The van der Waals surface area contributed by atoms with Crippen LogP contribution in [0.2, 0.25) is 0 Å². The second-order valence-electron chi connectivity index (χ2n) is 7.66. The summed E-state index contributed by atoms with van der Waals surface area (Å²) in [5.41, 5.74) is 0.582. The highest BCUT2D eigenvalue weighted by Crippen LogP contribution is 2.24. The van der Waals surface area contributed by atoms with Crippen LogP contribution < -0.4 is 14.5 Å². The summed E-state index contributed by atoms with van der Waals surface area (Å²) in [7, 11) is 1.56. The molecule has 2 aliphatic rings. The lowest BCUT2D eigenvalue weighted by Crippen LogP contribution is -2.49. The maximum atomic E-state index is 12.7. The Balaban J connectivity index is 1.34. The number of amides is 1. The van der Waals surface area contributed by atoms with E-state index in [1.165, 1.54) is 19.3 Å². The van der Waals surface area contributed by atoms with Gasteiger partial charge in [-0.25, -0.2) is 4.98 Å². The molecule has 2 fully saturated rings. The number of piperazine rings is 1. The van der Waals surface area contributed by atoms with Gasteiger partial charge in [-0.05, 0) is 44.4 Å². The smallest absolute Gasteiger partial charge is 0.255 e. The molecule has 0 saturated carbocycles. The van der Waals surface area contributed by atoms with E-state index in [9.17, 15) is 4.79 Å². The summed E-state index contributed by atoms with van der Waals surface area (Å²) in [5.74, 6) is 2.34. The van der Waals surface area contributed by atoms with Crippen molar-refractivity contribution in [3.63, 3.8) is 0 Å². The van der Waals surface area contributed by atoms with E-state index in [1.807, 2.05) is 4.90 Å². The number of nitrogens with zero attached hydrogens (tertiary/aromatic N) is 6. The van der Waals surface area contributed by atoms with Gasteiger partial charge in [-0.1, -0.05) is 0 Å². The van der Waals surface area contributed by atoms with E-state index in [1.54, 1.807) is 25.4 Å². The number of carbonyl (C=O) groups excluding carboxylic acids is 1. The number of hydrogen-bond acceptors (Lipinski definition) is 7. The third-order valence-corrected chi connectivity index (χ3v) is 5.82. The Morgan fingerprint density at radius 3 is 2.38 bits per heavy atom. The summed E-state index contributed by atoms with van der Waals surface area (Å²) in [4.78, 5) is 23.2. The van der Waals surface area contributed by atoms with Gasteiger partial charge in [0.25, 0.3) is 5.91 Å². The van der Waals surface area contributed by atoms with Crippen LogP contribution in [-0.4, -0.2) is 71.9 Å². The van der Waals surface area contributed by atoms with Gasteiger partial charge >= 0.3 is 0 Å². The molecule has 154 valence electrons. The highest BCUT2D eigenvalue weighted by atomic mass is 16.5. The molecule has 1 unspecified atom stereocenters. The number of rotatable bonds is 4. The van der Waals surface area contributed by atoms with Crippen LogP contribution >= 0.6 is 0 Å². The number of ether oxygens (including phenoxy) is 1. The molecule has 1 amide bonds. The minimum atomic E-state index is 0.000297. The zero-order chi connectivity index (χ0) is 20.2. The lowest BCUT2D eigenvalue weighted by atomic mass is 10.0. The van der Waals surface area contributed by atoms with Gasteiger partial charge in [0.2, 0.25) is 5.88 Å². The SMILES string of the molecule is COc1ccc(C(=O)N2CCN(c3ccc(N4CCCCC4C)nn3)CC2)cn1. The van der Waals surface area contributed by atoms with E-state index in [0.29, 0.717) is 30.6 Å². The topological polar surface area (TPSA) is 74.7 Å². The van der Waals surface area contributed by atoms with Crippen molar-refractivity contribution in [2.24, 2.45) is 0 Å². The quantitative estimate of drug-likeness (QED) is 0.784. The van der Waals surface area contributed by atoms with Crippen LogP contribution in [0, 0.1) is 0 Å². The first-order valence-electron chi connectivity index (χ1n) is 10.3. The van der Waals surface area contributed by atoms with E-state index >= 15 is 0 Å². The Morgan fingerprint density at radius 2 is 1.76 bits per heavy atom. The van der Waals surface area contributed by atoms with Crippen LogP contribution in [0.5, 0.6) is 5.88 Å². The Labute approximate surface area is 171 Å². The third-order valence-electron chi connectivity index (χ3n) is 5.82. The predicted molar refractivity (Wildman–Crippen MR) is 112 cm³/mol. The van der Waals surface area contributed by atoms with Crippen LogP contribution in [0.1, 0.15) is 36.5 Å². The van der Waals surface area contributed by atoms with E-state index in [2.05, 4.69) is 44.0 Å². The van der Waals surface area contributed by atoms with Crippen LogP contribution in [-0.2, 0) is 0 Å². The van der Waals surface area contributed by atoms with E-state index in [0.717, 1.165) is 31.3 Å². The minimum Gasteiger partial charge on any atom is -0.481 e. The van der Waals surface area contributed by atoms with Gasteiger partial charge in [-0.2, -0.15) is 0 Å². The largest absolute Gasteiger partial charge is 0.481 e. The lowest BCUT2D eigenvalue weighted by molar-refractivity contribution is 0.0746. The number of methoxy groups -OCH3 is 1. The molecule has 8 nitrogen and oxygen atoms in total. The molecule has 4 heterocycles. The van der Waals surface area contributed by atoms with Gasteiger partial charge in [-0.15, -0.1) is 10.2 Å². The zero-order valence-corrected chi connectivity index (χ0v) is 17.1. The first-order chi connectivity index (χ1) is 14.2. The lowest BCUT2D eigenvalue weighted by Gasteiger charge is -2.36. The Kier molecular flexibility index (Phi) is 5.78. The molecule has 29 heavy (non-hydrogen) atoms. The molecule has 8 heteroatoms. The highest BCUT2D eigenvalue weighted by molar-refractivity contribution is 5.94. The monoisotopic (exact) mass is 396 g/mol. The van der Waals surface area contributed by atoms with Crippen molar-refractivity contribution < 1.29 is 9.53 Å². The Hall–Kier alpha value is -2.90. The molecule has 2 aromatic rings. The maximum Gasteiger partial charge on any atom is 0.255 e. The first-order valence-corrected chi connectivity index (χ1v) is 10.3. The van der Waals surface area contributed by atoms with Gasteiger partial charge in [0.05, 0.1) is 12.7 Å². The molecule has 0 aromatic carbocycles. The summed E-state index contributed by atoms with van der Waals surface area (Å²) in [6.45, 7) is 6.08. The number of piperidine rings is 1. The molecule has 0 spiro atoms. The molecule has 0 bridgehead atoms. The average Bonchev–Trinajstić information content (AvgIpc) is 2.79. The summed E-state index contributed by atoms with van der Waals surface area (Å²) in [6, 6.07) is 8.11. The fourth-order valence-corrected chi connectivity index (χ4v) is 4.03. The second kappa shape index (κ2) is 8.63. The van der Waals surface area contributed by atoms with E-state index < -0.39 is 0 Å². The maximum absolute atomic E-state index is 12.7. The van der Waals surface area contributed by atoms with Crippen LogP contribution in [0.3, 0.4) is 0 Å². The molecule has 1 atom stereocenters. The standard InChI is InChI=1S/C21H28N6O2/c1-16-5-3-4-10-27(16)19-8-7-18(23-24-19)25-11-13-26(14-12-25)21(28)17-6-9-20(29-2)22-15-17/h6-9,15-16H,3-5,10-14H2,1-2H3. The highest BCUT2D eigenvalue weighted by Gasteiger charge is 2.24. The predicted octanol–water partition coefficient (Wildman–Crippen LogP) is 2.22. The fraction of sp³-hybridized carbons (Fsp3) is 0.524. The first kappa shape index (κ1) is 19.4. The number of anilines is 2. The van der Waals surface area contributed by atoms with Crippen LogP contribution in [0.4, 0.5) is 11.6 Å². The summed E-state index contributed by atoms with van der Waals surface area (Å²) in [5, 5.41) is 8.95. The van der Waals surface area contributed by atoms with Crippen molar-refractivity contribution in [2.75, 3.05) is 49.6 Å². The number of pyridine rings is 1. The summed E-state index contributed by atoms with van der Waals surface area (Å²) < 4.78 is 5.05. The fourth-order valence-electron chi connectivity index (χ4n) is 4.03.